The number of hydrogen-bond acceptors (Lipinski definition) is 5. The van der Waals surface area contributed by atoms with Gasteiger partial charge in [0.25, 0.3) is 8.32 Å². The van der Waals surface area contributed by atoms with Crippen LogP contribution in [0.1, 0.15) is 92.2 Å². The molecule has 0 aromatic heterocycles. The number of nitrogens with zero attached hydrogens (tertiary/aromatic N) is 2. The van der Waals surface area contributed by atoms with Crippen molar-refractivity contribution < 1.29 is 31.9 Å². The molecule has 2 aromatic rings. The quantitative estimate of drug-likeness (QED) is 0.293. The van der Waals surface area contributed by atoms with Crippen molar-refractivity contribution in [1.82, 2.24) is 4.90 Å². The second kappa shape index (κ2) is 12.0. The first-order chi connectivity index (χ1) is 20.9. The van der Waals surface area contributed by atoms with Crippen molar-refractivity contribution in [2.75, 3.05) is 31.1 Å². The van der Waals surface area contributed by atoms with E-state index in [1.165, 1.54) is 6.07 Å². The molecule has 0 radical (unpaired) electrons. The highest BCUT2D eigenvalue weighted by atomic mass is 28.4. The van der Waals surface area contributed by atoms with Crippen LogP contribution in [0.25, 0.3) is 11.1 Å². The summed E-state index contributed by atoms with van der Waals surface area (Å²) in [5, 5.41) is 0. The van der Waals surface area contributed by atoms with E-state index in [9.17, 15) is 18.0 Å². The molecule has 1 amide bonds. The van der Waals surface area contributed by atoms with E-state index in [0.29, 0.717) is 31.0 Å². The minimum atomic E-state index is -4.59. The third-order valence-corrected chi connectivity index (χ3v) is 15.8. The number of carbonyl (C=O) groups is 1. The Morgan fingerprint density at radius 2 is 1.64 bits per heavy atom. The van der Waals surface area contributed by atoms with Crippen LogP contribution in [0.5, 0.6) is 11.5 Å². The molecule has 3 aliphatic heterocycles. The number of ether oxygens (including phenoxy) is 2. The summed E-state index contributed by atoms with van der Waals surface area (Å²) >= 11 is 0. The van der Waals surface area contributed by atoms with Gasteiger partial charge in [0.1, 0.15) is 17.1 Å². The van der Waals surface area contributed by atoms with Crippen molar-refractivity contribution in [3.8, 4) is 22.6 Å². The fourth-order valence-electron chi connectivity index (χ4n) is 8.09. The number of anilines is 1. The van der Waals surface area contributed by atoms with Gasteiger partial charge in [-0.3, -0.25) is 0 Å². The van der Waals surface area contributed by atoms with Gasteiger partial charge in [0.15, 0.2) is 0 Å². The largest absolute Gasteiger partial charge is 0.543 e. The molecule has 5 rings (SSSR count). The van der Waals surface area contributed by atoms with Gasteiger partial charge in [-0.2, -0.15) is 13.2 Å². The first-order valence-electron chi connectivity index (χ1n) is 16.4. The van der Waals surface area contributed by atoms with Gasteiger partial charge in [0.2, 0.25) is 0 Å². The molecule has 45 heavy (non-hydrogen) atoms. The lowest BCUT2D eigenvalue weighted by atomic mass is 9.87. The molecule has 3 heterocycles. The van der Waals surface area contributed by atoms with Crippen molar-refractivity contribution in [2.24, 2.45) is 0 Å². The molecule has 3 aliphatic rings. The summed E-state index contributed by atoms with van der Waals surface area (Å²) in [4.78, 5) is 17.1. The summed E-state index contributed by atoms with van der Waals surface area (Å²) < 4.78 is 63.0. The normalized spacial score (nSPS) is 20.2. The van der Waals surface area contributed by atoms with Crippen LogP contribution >= 0.6 is 0 Å². The predicted octanol–water partition coefficient (Wildman–Crippen LogP) is 9.62. The molecule has 1 saturated heterocycles. The Morgan fingerprint density at radius 1 is 0.978 bits per heavy atom. The molecular formula is C35H49F3N2O4Si. The summed E-state index contributed by atoms with van der Waals surface area (Å²) in [5.41, 5.74) is 1.78. The molecule has 0 bridgehead atoms. The van der Waals surface area contributed by atoms with Crippen molar-refractivity contribution >= 4 is 20.1 Å². The predicted molar refractivity (Wildman–Crippen MR) is 175 cm³/mol. The Balaban J connectivity index is 1.58. The van der Waals surface area contributed by atoms with E-state index in [1.54, 1.807) is 23.1 Å². The Morgan fingerprint density at radius 3 is 2.24 bits per heavy atom. The van der Waals surface area contributed by atoms with E-state index in [1.807, 2.05) is 26.8 Å². The fraction of sp³-hybridized carbons (Fsp3) is 0.629. The van der Waals surface area contributed by atoms with Gasteiger partial charge in [-0.25, -0.2) is 4.79 Å². The van der Waals surface area contributed by atoms with Crippen LogP contribution in [-0.4, -0.2) is 57.2 Å². The highest BCUT2D eigenvalue weighted by Crippen LogP contribution is 2.53. The number of rotatable bonds is 6. The average Bonchev–Trinajstić information content (AvgIpc) is 3.08. The van der Waals surface area contributed by atoms with E-state index in [-0.39, 0.29) is 46.0 Å². The maximum atomic E-state index is 14.8. The van der Waals surface area contributed by atoms with Crippen LogP contribution < -0.4 is 14.1 Å². The molecule has 0 N–H and O–H groups in total. The van der Waals surface area contributed by atoms with Crippen LogP contribution in [0, 0.1) is 0 Å². The Labute approximate surface area is 267 Å². The molecule has 0 unspecified atom stereocenters. The standard InChI is InChI=1S/C35H49F3N2O4Si/c1-21(2)45(22(3)4,23(5)6)44-25-11-12-26(29(19-25)35(36,37)38)24-17-27-28-20-39(33(41)43-34(7,8)9)15-13-30(28)40-14-10-16-42-31(18-24)32(27)40/h11-12,17-19,21-23,28,30H,10,13-16,20H2,1-9H3/t28-,30-/m0/s1. The summed E-state index contributed by atoms with van der Waals surface area (Å²) in [5.74, 6) is 0.821. The summed E-state index contributed by atoms with van der Waals surface area (Å²) in [6.45, 7) is 20.6. The van der Waals surface area contributed by atoms with Crippen LogP contribution in [0.15, 0.2) is 30.3 Å². The van der Waals surface area contributed by atoms with Gasteiger partial charge in [0, 0.05) is 31.6 Å². The number of hydrogen-bond donors (Lipinski definition) is 0. The highest BCUT2D eigenvalue weighted by molar-refractivity contribution is 6.78. The second-order valence-corrected chi connectivity index (χ2v) is 20.2. The van der Waals surface area contributed by atoms with Crippen molar-refractivity contribution in [3.63, 3.8) is 0 Å². The smallest absolute Gasteiger partial charge is 0.417 e. The number of likely N-dealkylation sites (tertiary alicyclic amines) is 1. The van der Waals surface area contributed by atoms with Crippen molar-refractivity contribution in [2.45, 2.75) is 116 Å². The Bertz CT molecular complexity index is 1400. The third kappa shape index (κ3) is 6.28. The fourth-order valence-corrected chi connectivity index (χ4v) is 13.3. The molecular weight excluding hydrogens is 597 g/mol. The molecule has 0 saturated carbocycles. The molecule has 2 aromatic carbocycles. The lowest BCUT2D eigenvalue weighted by Gasteiger charge is -2.42. The molecule has 10 heteroatoms. The second-order valence-electron chi connectivity index (χ2n) is 14.8. The first-order valence-corrected chi connectivity index (χ1v) is 18.5. The zero-order valence-corrected chi connectivity index (χ0v) is 29.2. The zero-order chi connectivity index (χ0) is 33.1. The number of fused-ring (bicyclic) bond motifs is 3. The summed E-state index contributed by atoms with van der Waals surface area (Å²) in [6.07, 6.45) is -3.39. The minimum Gasteiger partial charge on any atom is -0.543 e. The SMILES string of the molecule is CC(C)[Si](Oc1ccc(-c2cc3c4c(c2)[C@@H]2CN(C(=O)OC(C)(C)C)CC[C@@H]2N4CCCO3)c(C(F)(F)F)c1)(C(C)C)C(C)C. The topological polar surface area (TPSA) is 51.2 Å². The van der Waals surface area contributed by atoms with Gasteiger partial charge in [-0.1, -0.05) is 47.6 Å². The monoisotopic (exact) mass is 646 g/mol. The van der Waals surface area contributed by atoms with Gasteiger partial charge >= 0.3 is 12.3 Å². The van der Waals surface area contributed by atoms with Gasteiger partial charge in [0.05, 0.1) is 17.9 Å². The number of benzene rings is 2. The lowest BCUT2D eigenvalue weighted by Crippen LogP contribution is -2.50. The number of alkyl halides is 3. The highest BCUT2D eigenvalue weighted by Gasteiger charge is 2.48. The lowest BCUT2D eigenvalue weighted by molar-refractivity contribution is -0.137. The van der Waals surface area contributed by atoms with E-state index < -0.39 is 25.7 Å². The van der Waals surface area contributed by atoms with E-state index in [4.69, 9.17) is 13.9 Å². The van der Waals surface area contributed by atoms with E-state index in [0.717, 1.165) is 30.6 Å². The number of piperidine rings is 1. The van der Waals surface area contributed by atoms with Gasteiger partial charge in [-0.15, -0.1) is 0 Å². The van der Waals surface area contributed by atoms with Crippen molar-refractivity contribution in [1.29, 1.82) is 0 Å². The van der Waals surface area contributed by atoms with Gasteiger partial charge in [-0.05, 0) is 91.2 Å². The minimum absolute atomic E-state index is 0.0617. The van der Waals surface area contributed by atoms with E-state index in [2.05, 4.69) is 46.4 Å². The molecule has 248 valence electrons. The molecule has 1 fully saturated rings. The zero-order valence-electron chi connectivity index (χ0n) is 28.2. The number of amides is 1. The molecule has 6 nitrogen and oxygen atoms in total. The third-order valence-electron chi connectivity index (χ3n) is 9.83. The number of halogens is 3. The number of carbonyl (C=O) groups excluding carboxylic acids is 1. The van der Waals surface area contributed by atoms with E-state index >= 15 is 0 Å². The Kier molecular flexibility index (Phi) is 8.96. The Hall–Kier alpha value is -2.88. The summed E-state index contributed by atoms with van der Waals surface area (Å²) in [6, 6.07) is 8.25. The first kappa shape index (κ1) is 33.5. The van der Waals surface area contributed by atoms with Gasteiger partial charge < -0.3 is 23.7 Å². The van der Waals surface area contributed by atoms with Crippen LogP contribution in [0.2, 0.25) is 16.6 Å². The molecule has 0 spiro atoms. The van der Waals surface area contributed by atoms with Crippen LogP contribution in [-0.2, 0) is 10.9 Å². The maximum Gasteiger partial charge on any atom is 0.417 e. The van der Waals surface area contributed by atoms with Crippen LogP contribution in [0.3, 0.4) is 0 Å². The molecule has 2 atom stereocenters. The van der Waals surface area contributed by atoms with Crippen molar-refractivity contribution in [3.05, 3.63) is 41.5 Å². The maximum absolute atomic E-state index is 14.8. The summed E-state index contributed by atoms with van der Waals surface area (Å²) in [7, 11) is -2.47. The average molecular weight is 647 g/mol. The van der Waals surface area contributed by atoms with Crippen LogP contribution in [0.4, 0.5) is 23.7 Å². The molecule has 0 aliphatic carbocycles.